The van der Waals surface area contributed by atoms with Crippen LogP contribution in [-0.2, 0) is 6.54 Å². The smallest absolute Gasteiger partial charge is 0.193 e. The number of nitrogens with zero attached hydrogens (tertiary/aromatic N) is 3. The molecule has 3 heterocycles. The molecule has 1 aliphatic rings. The zero-order valence-corrected chi connectivity index (χ0v) is 12.5. The highest BCUT2D eigenvalue weighted by molar-refractivity contribution is 7.15. The number of nitrogens with one attached hydrogen (secondary N) is 1. The van der Waals surface area contributed by atoms with E-state index in [2.05, 4.69) is 46.2 Å². The summed E-state index contributed by atoms with van der Waals surface area (Å²) in [6.07, 6.45) is 6.66. The average molecular weight is 278 g/mol. The van der Waals surface area contributed by atoms with Gasteiger partial charge in [0, 0.05) is 42.9 Å². The standard InChI is InChI=1S/C14H22N4S/c1-3-12-8-18(11(2)4-5-15-12)10-13-9-17-6-7-19-14(17)16-13/h6-7,9,11-12,15H,3-5,8,10H2,1-2H3. The Kier molecular flexibility index (Phi) is 3.86. The third kappa shape index (κ3) is 2.83. The van der Waals surface area contributed by atoms with Gasteiger partial charge in [0.05, 0.1) is 5.69 Å². The molecule has 4 nitrogen and oxygen atoms in total. The molecule has 5 heteroatoms. The number of fused-ring (bicyclic) bond motifs is 1. The van der Waals surface area contributed by atoms with Gasteiger partial charge in [-0.25, -0.2) is 4.98 Å². The quantitative estimate of drug-likeness (QED) is 0.935. The van der Waals surface area contributed by atoms with Crippen LogP contribution in [0.2, 0.25) is 0 Å². The molecule has 19 heavy (non-hydrogen) atoms. The van der Waals surface area contributed by atoms with Gasteiger partial charge in [0.25, 0.3) is 0 Å². The Morgan fingerprint density at radius 1 is 1.53 bits per heavy atom. The van der Waals surface area contributed by atoms with Gasteiger partial charge in [-0.3, -0.25) is 9.30 Å². The first-order valence-electron chi connectivity index (χ1n) is 7.14. The second-order valence-corrected chi connectivity index (χ2v) is 6.32. The molecule has 0 aromatic carbocycles. The Bertz CT molecular complexity index is 504. The lowest BCUT2D eigenvalue weighted by Crippen LogP contribution is -2.39. The van der Waals surface area contributed by atoms with Gasteiger partial charge in [0.15, 0.2) is 4.96 Å². The minimum atomic E-state index is 0.619. The van der Waals surface area contributed by atoms with E-state index in [0.717, 1.165) is 24.6 Å². The molecule has 1 saturated heterocycles. The lowest BCUT2D eigenvalue weighted by Gasteiger charge is -2.27. The molecule has 2 aromatic rings. The second kappa shape index (κ2) is 5.61. The lowest BCUT2D eigenvalue weighted by atomic mass is 10.2. The molecule has 1 N–H and O–H groups in total. The summed E-state index contributed by atoms with van der Waals surface area (Å²) in [6.45, 7) is 7.82. The third-order valence-corrected chi connectivity index (χ3v) is 4.85. The Labute approximate surface area is 118 Å². The Morgan fingerprint density at radius 3 is 3.21 bits per heavy atom. The number of imidazole rings is 1. The molecule has 1 aliphatic heterocycles. The zero-order valence-electron chi connectivity index (χ0n) is 11.7. The van der Waals surface area contributed by atoms with Crippen molar-refractivity contribution < 1.29 is 0 Å². The van der Waals surface area contributed by atoms with Gasteiger partial charge in [0.1, 0.15) is 0 Å². The van der Waals surface area contributed by atoms with Gasteiger partial charge in [-0.2, -0.15) is 0 Å². The van der Waals surface area contributed by atoms with E-state index in [1.54, 1.807) is 11.3 Å². The maximum atomic E-state index is 4.70. The van der Waals surface area contributed by atoms with Crippen molar-refractivity contribution in [3.63, 3.8) is 0 Å². The van der Waals surface area contributed by atoms with Crippen molar-refractivity contribution in [1.29, 1.82) is 0 Å². The summed E-state index contributed by atoms with van der Waals surface area (Å²) in [4.78, 5) is 8.37. The molecule has 104 valence electrons. The van der Waals surface area contributed by atoms with Crippen LogP contribution in [0.15, 0.2) is 17.8 Å². The topological polar surface area (TPSA) is 32.6 Å². The van der Waals surface area contributed by atoms with Crippen LogP contribution in [0.3, 0.4) is 0 Å². The van der Waals surface area contributed by atoms with E-state index >= 15 is 0 Å². The van der Waals surface area contributed by atoms with E-state index in [1.807, 2.05) is 0 Å². The van der Waals surface area contributed by atoms with Crippen molar-refractivity contribution in [1.82, 2.24) is 19.6 Å². The fourth-order valence-electron chi connectivity index (χ4n) is 2.76. The maximum Gasteiger partial charge on any atom is 0.193 e. The first-order chi connectivity index (χ1) is 9.26. The molecule has 0 radical (unpaired) electrons. The molecular formula is C14H22N4S. The van der Waals surface area contributed by atoms with Crippen molar-refractivity contribution in [3.8, 4) is 0 Å². The number of rotatable bonds is 3. The molecule has 3 rings (SSSR count). The molecule has 2 atom stereocenters. The van der Waals surface area contributed by atoms with Crippen molar-refractivity contribution in [2.45, 2.75) is 45.3 Å². The SMILES string of the molecule is CCC1CN(Cc2cn3ccsc3n2)C(C)CCN1. The molecule has 2 aromatic heterocycles. The number of aromatic nitrogens is 2. The van der Waals surface area contributed by atoms with Crippen LogP contribution in [0.5, 0.6) is 0 Å². The highest BCUT2D eigenvalue weighted by atomic mass is 32.1. The van der Waals surface area contributed by atoms with E-state index < -0.39 is 0 Å². The van der Waals surface area contributed by atoms with Gasteiger partial charge in [-0.15, -0.1) is 11.3 Å². The van der Waals surface area contributed by atoms with Gasteiger partial charge in [0.2, 0.25) is 0 Å². The normalized spacial score (nSPS) is 25.8. The van der Waals surface area contributed by atoms with E-state index in [4.69, 9.17) is 4.98 Å². The van der Waals surface area contributed by atoms with E-state index in [9.17, 15) is 0 Å². The number of hydrogen-bond donors (Lipinski definition) is 1. The summed E-state index contributed by atoms with van der Waals surface area (Å²) >= 11 is 1.70. The first-order valence-corrected chi connectivity index (χ1v) is 8.02. The van der Waals surface area contributed by atoms with Crippen LogP contribution in [0.1, 0.15) is 32.4 Å². The summed E-state index contributed by atoms with van der Waals surface area (Å²) in [5, 5.41) is 5.71. The monoisotopic (exact) mass is 278 g/mol. The minimum absolute atomic E-state index is 0.619. The molecule has 1 fully saturated rings. The fourth-order valence-corrected chi connectivity index (χ4v) is 3.48. The molecule has 0 amide bonds. The highest BCUT2D eigenvalue weighted by Gasteiger charge is 2.22. The van der Waals surface area contributed by atoms with Crippen LogP contribution in [0, 0.1) is 0 Å². The summed E-state index contributed by atoms with van der Waals surface area (Å²) in [7, 11) is 0. The minimum Gasteiger partial charge on any atom is -0.313 e. The van der Waals surface area contributed by atoms with Crippen molar-refractivity contribution in [2.75, 3.05) is 13.1 Å². The third-order valence-electron chi connectivity index (χ3n) is 4.07. The zero-order chi connectivity index (χ0) is 13.2. The molecule has 0 saturated carbocycles. The van der Waals surface area contributed by atoms with Crippen molar-refractivity contribution in [3.05, 3.63) is 23.5 Å². The van der Waals surface area contributed by atoms with Crippen LogP contribution in [0.4, 0.5) is 0 Å². The molecule has 0 spiro atoms. The Morgan fingerprint density at radius 2 is 2.42 bits per heavy atom. The predicted molar refractivity (Wildman–Crippen MR) is 79.6 cm³/mol. The molecule has 2 unspecified atom stereocenters. The summed E-state index contributed by atoms with van der Waals surface area (Å²) in [6, 6.07) is 1.25. The van der Waals surface area contributed by atoms with Crippen molar-refractivity contribution >= 4 is 16.3 Å². The average Bonchev–Trinajstić information content (AvgIpc) is 2.91. The molecule has 0 aliphatic carbocycles. The Hall–Kier alpha value is -0.910. The fraction of sp³-hybridized carbons (Fsp3) is 0.643. The summed E-state index contributed by atoms with van der Waals surface area (Å²) in [5.41, 5.74) is 1.19. The van der Waals surface area contributed by atoms with Gasteiger partial charge < -0.3 is 5.32 Å². The number of thiazole rings is 1. The van der Waals surface area contributed by atoms with Crippen LogP contribution >= 0.6 is 11.3 Å². The highest BCUT2D eigenvalue weighted by Crippen LogP contribution is 2.17. The Balaban J connectivity index is 1.74. The van der Waals surface area contributed by atoms with Crippen molar-refractivity contribution in [2.24, 2.45) is 0 Å². The second-order valence-electron chi connectivity index (χ2n) is 5.45. The predicted octanol–water partition coefficient (Wildman–Crippen LogP) is 2.36. The van der Waals surface area contributed by atoms with Crippen LogP contribution < -0.4 is 5.32 Å². The van der Waals surface area contributed by atoms with Gasteiger partial charge >= 0.3 is 0 Å². The summed E-state index contributed by atoms with van der Waals surface area (Å²) < 4.78 is 2.12. The first kappa shape index (κ1) is 13.1. The van der Waals surface area contributed by atoms with E-state index in [0.29, 0.717) is 12.1 Å². The maximum absolute atomic E-state index is 4.70. The lowest BCUT2D eigenvalue weighted by molar-refractivity contribution is 0.192. The van der Waals surface area contributed by atoms with Crippen LogP contribution in [0.25, 0.3) is 4.96 Å². The number of hydrogen-bond acceptors (Lipinski definition) is 4. The molecule has 0 bridgehead atoms. The van der Waals surface area contributed by atoms with Crippen LogP contribution in [-0.4, -0.2) is 39.5 Å². The van der Waals surface area contributed by atoms with Gasteiger partial charge in [-0.05, 0) is 26.3 Å². The largest absolute Gasteiger partial charge is 0.313 e. The molecular weight excluding hydrogens is 256 g/mol. The van der Waals surface area contributed by atoms with E-state index in [-0.39, 0.29) is 0 Å². The van der Waals surface area contributed by atoms with Gasteiger partial charge in [-0.1, -0.05) is 6.92 Å². The summed E-state index contributed by atoms with van der Waals surface area (Å²) in [5.74, 6) is 0. The van der Waals surface area contributed by atoms with E-state index in [1.165, 1.54) is 18.5 Å².